The number of benzene rings is 3. The number of ether oxygens (including phenoxy) is 7. The van der Waals surface area contributed by atoms with E-state index in [-0.39, 0.29) is 19.8 Å². The molecule has 1 fully saturated rings. The van der Waals surface area contributed by atoms with Crippen molar-refractivity contribution >= 4 is 27.9 Å². The zero-order chi connectivity index (χ0) is 28.0. The monoisotopic (exact) mass is 610 g/mol. The standard InChI is InChI=1S/C30H27BrO9/c1-34-23-10-17(11-24(35-2)28(23)36-3)26-18-12-21-22(39-15-38-21)13-19(18)27(20-14-37-29(33)30(20,26)31)40-25(32)9-16-7-5-4-6-8-16/h4-8,10-13,20,26-27H,9,14-15H2,1-3H3/t20-,26-,27+,30-/m1/s1. The first-order valence-corrected chi connectivity index (χ1v) is 13.5. The minimum absolute atomic E-state index is 0.0577. The van der Waals surface area contributed by atoms with Crippen molar-refractivity contribution in [3.05, 3.63) is 76.9 Å². The van der Waals surface area contributed by atoms with Crippen LogP contribution in [0.3, 0.4) is 0 Å². The molecule has 3 aromatic carbocycles. The lowest BCUT2D eigenvalue weighted by Gasteiger charge is -2.43. The molecule has 0 aromatic heterocycles. The number of halogens is 1. The summed E-state index contributed by atoms with van der Waals surface area (Å²) in [6.07, 6.45) is -0.700. The quantitative estimate of drug-likeness (QED) is 0.278. The number of carbonyl (C=O) groups is 2. The molecule has 0 spiro atoms. The Morgan fingerprint density at radius 1 is 0.925 bits per heavy atom. The van der Waals surface area contributed by atoms with Crippen LogP contribution in [0.2, 0.25) is 0 Å². The van der Waals surface area contributed by atoms with Crippen LogP contribution in [0.1, 0.15) is 34.3 Å². The number of fused-ring (bicyclic) bond motifs is 3. The summed E-state index contributed by atoms with van der Waals surface area (Å²) in [4.78, 5) is 26.8. The van der Waals surface area contributed by atoms with Gasteiger partial charge in [-0.2, -0.15) is 0 Å². The lowest BCUT2D eigenvalue weighted by atomic mass is 9.66. The van der Waals surface area contributed by atoms with Gasteiger partial charge in [-0.15, -0.1) is 0 Å². The van der Waals surface area contributed by atoms with Crippen molar-refractivity contribution in [3.8, 4) is 28.7 Å². The zero-order valence-corrected chi connectivity index (χ0v) is 23.7. The maximum Gasteiger partial charge on any atom is 0.324 e. The fraction of sp³-hybridized carbons (Fsp3) is 0.333. The van der Waals surface area contributed by atoms with Crippen molar-refractivity contribution in [2.45, 2.75) is 22.8 Å². The van der Waals surface area contributed by atoms with Crippen LogP contribution in [-0.2, 0) is 25.5 Å². The van der Waals surface area contributed by atoms with E-state index in [1.165, 1.54) is 21.3 Å². The van der Waals surface area contributed by atoms with E-state index in [0.717, 1.165) is 11.1 Å². The van der Waals surface area contributed by atoms with Crippen molar-refractivity contribution in [2.75, 3.05) is 34.7 Å². The number of esters is 2. The van der Waals surface area contributed by atoms with Crippen LogP contribution < -0.4 is 23.7 Å². The molecule has 6 rings (SSSR count). The van der Waals surface area contributed by atoms with E-state index < -0.39 is 34.2 Å². The van der Waals surface area contributed by atoms with Gasteiger partial charge in [0.25, 0.3) is 0 Å². The van der Waals surface area contributed by atoms with Crippen LogP contribution in [0.25, 0.3) is 0 Å². The molecule has 0 N–H and O–H groups in total. The number of carbonyl (C=O) groups excluding carboxylic acids is 2. The van der Waals surface area contributed by atoms with Gasteiger partial charge in [-0.3, -0.25) is 9.59 Å². The first-order chi connectivity index (χ1) is 19.4. The van der Waals surface area contributed by atoms with Crippen LogP contribution in [-0.4, -0.2) is 51.0 Å². The second-order valence-electron chi connectivity index (χ2n) is 9.77. The summed E-state index contributed by atoms with van der Waals surface area (Å²) < 4.78 is 38.7. The molecule has 4 atom stereocenters. The first kappa shape index (κ1) is 26.3. The summed E-state index contributed by atoms with van der Waals surface area (Å²) in [6.45, 7) is 0.124. The Kier molecular flexibility index (Phi) is 6.74. The maximum absolute atomic E-state index is 13.6. The van der Waals surface area contributed by atoms with Crippen LogP contribution in [0, 0.1) is 5.92 Å². The average Bonchev–Trinajstić information content (AvgIpc) is 3.55. The number of methoxy groups -OCH3 is 3. The Bertz CT molecular complexity index is 1450. The Labute approximate surface area is 239 Å². The minimum atomic E-state index is -1.27. The van der Waals surface area contributed by atoms with Gasteiger partial charge < -0.3 is 33.2 Å². The van der Waals surface area contributed by atoms with Crippen molar-refractivity contribution < 1.29 is 42.7 Å². The highest BCUT2D eigenvalue weighted by Gasteiger charge is 2.64. The van der Waals surface area contributed by atoms with Crippen molar-refractivity contribution in [1.29, 1.82) is 0 Å². The van der Waals surface area contributed by atoms with Gasteiger partial charge in [0, 0.05) is 11.5 Å². The summed E-state index contributed by atoms with van der Waals surface area (Å²) in [7, 11) is 4.60. The van der Waals surface area contributed by atoms with E-state index in [0.29, 0.717) is 39.9 Å². The second-order valence-corrected chi connectivity index (χ2v) is 11.1. The molecule has 0 radical (unpaired) electrons. The van der Waals surface area contributed by atoms with Crippen LogP contribution >= 0.6 is 15.9 Å². The van der Waals surface area contributed by atoms with Gasteiger partial charge in [0.15, 0.2) is 23.0 Å². The maximum atomic E-state index is 13.6. The van der Waals surface area contributed by atoms with Gasteiger partial charge in [-0.05, 0) is 41.0 Å². The highest BCUT2D eigenvalue weighted by molar-refractivity contribution is 9.10. The highest BCUT2D eigenvalue weighted by atomic mass is 79.9. The van der Waals surface area contributed by atoms with Crippen molar-refractivity contribution in [2.24, 2.45) is 5.92 Å². The molecule has 9 nitrogen and oxygen atoms in total. The molecule has 0 amide bonds. The van der Waals surface area contributed by atoms with Gasteiger partial charge in [-0.1, -0.05) is 46.3 Å². The van der Waals surface area contributed by atoms with Crippen LogP contribution in [0.4, 0.5) is 0 Å². The molecule has 1 saturated heterocycles. The van der Waals surface area contributed by atoms with E-state index >= 15 is 0 Å². The molecular formula is C30H27BrO9. The lowest BCUT2D eigenvalue weighted by molar-refractivity contribution is -0.153. The first-order valence-electron chi connectivity index (χ1n) is 12.7. The average molecular weight is 611 g/mol. The molecule has 0 unspecified atom stereocenters. The topological polar surface area (TPSA) is 98.8 Å². The Morgan fingerprint density at radius 3 is 2.20 bits per heavy atom. The van der Waals surface area contributed by atoms with E-state index in [2.05, 4.69) is 15.9 Å². The van der Waals surface area contributed by atoms with Crippen molar-refractivity contribution in [1.82, 2.24) is 0 Å². The van der Waals surface area contributed by atoms with E-state index in [4.69, 9.17) is 33.2 Å². The predicted octanol–water partition coefficient (Wildman–Crippen LogP) is 4.72. The summed E-state index contributed by atoms with van der Waals surface area (Å²) in [6, 6.07) is 16.7. The summed E-state index contributed by atoms with van der Waals surface area (Å²) in [5.74, 6) is 0.377. The number of rotatable bonds is 7. The fourth-order valence-electron chi connectivity index (χ4n) is 5.88. The zero-order valence-electron chi connectivity index (χ0n) is 22.1. The summed E-state index contributed by atoms with van der Waals surface area (Å²) in [5, 5.41) is 0. The van der Waals surface area contributed by atoms with Gasteiger partial charge in [0.1, 0.15) is 17.0 Å². The largest absolute Gasteiger partial charge is 0.493 e. The summed E-state index contributed by atoms with van der Waals surface area (Å²) in [5.41, 5.74) is 2.98. The molecule has 2 heterocycles. The van der Waals surface area contributed by atoms with Gasteiger partial charge in [-0.25, -0.2) is 0 Å². The molecule has 0 saturated carbocycles. The van der Waals surface area contributed by atoms with E-state index in [9.17, 15) is 9.59 Å². The number of cyclic esters (lactones) is 1. The third-order valence-electron chi connectivity index (χ3n) is 7.70. The number of hydrogen-bond donors (Lipinski definition) is 0. The second kappa shape index (κ2) is 10.2. The van der Waals surface area contributed by atoms with Gasteiger partial charge >= 0.3 is 11.9 Å². The highest BCUT2D eigenvalue weighted by Crippen LogP contribution is 2.61. The fourth-order valence-corrected chi connectivity index (χ4v) is 6.88. The Hall–Kier alpha value is -3.92. The Morgan fingerprint density at radius 2 is 1.57 bits per heavy atom. The van der Waals surface area contributed by atoms with Gasteiger partial charge in [0.2, 0.25) is 12.5 Å². The lowest BCUT2D eigenvalue weighted by Crippen LogP contribution is -2.48. The van der Waals surface area contributed by atoms with Crippen LogP contribution in [0.15, 0.2) is 54.6 Å². The smallest absolute Gasteiger partial charge is 0.324 e. The van der Waals surface area contributed by atoms with E-state index in [1.54, 1.807) is 0 Å². The Balaban J connectivity index is 1.51. The molecule has 10 heteroatoms. The predicted molar refractivity (Wildman–Crippen MR) is 146 cm³/mol. The third-order valence-corrected chi connectivity index (χ3v) is 9.07. The molecular weight excluding hydrogens is 584 g/mol. The number of hydrogen-bond acceptors (Lipinski definition) is 9. The molecule has 3 aliphatic rings. The summed E-state index contributed by atoms with van der Waals surface area (Å²) >= 11 is 3.82. The SMILES string of the molecule is COc1cc([C@@H]2c3cc4c(cc3[C@H](OC(=O)Cc3ccccc3)[C@H]3COC(=O)[C@]23Br)OCO4)cc(OC)c1OC. The molecule has 3 aromatic rings. The molecule has 40 heavy (non-hydrogen) atoms. The molecule has 1 aliphatic carbocycles. The normalized spacial score (nSPS) is 24.0. The molecule has 0 bridgehead atoms. The minimum Gasteiger partial charge on any atom is -0.493 e. The van der Waals surface area contributed by atoms with Crippen molar-refractivity contribution in [3.63, 3.8) is 0 Å². The number of alkyl halides is 1. The molecule has 2 aliphatic heterocycles. The van der Waals surface area contributed by atoms with Crippen LogP contribution in [0.5, 0.6) is 28.7 Å². The van der Waals surface area contributed by atoms with Gasteiger partial charge in [0.05, 0.1) is 33.7 Å². The van der Waals surface area contributed by atoms with E-state index in [1.807, 2.05) is 54.6 Å². The third kappa shape index (κ3) is 4.13. The molecule has 208 valence electrons.